The molecule has 1 rings (SSSR count). The number of carbonyl (C=O) groups is 3. The Morgan fingerprint density at radius 2 is 1.67 bits per heavy atom. The lowest BCUT2D eigenvalue weighted by Gasteiger charge is -2.14. The molecule has 0 aromatic heterocycles. The van der Waals surface area contributed by atoms with Gasteiger partial charge in [-0.25, -0.2) is 9.59 Å². The van der Waals surface area contributed by atoms with Gasteiger partial charge < -0.3 is 26.2 Å². The molecule has 0 heterocycles. The maximum absolute atomic E-state index is 11.7. The van der Waals surface area contributed by atoms with Gasteiger partial charge in [0.15, 0.2) is 0 Å². The SMILES string of the molecule is O=C(O)CC[C@H](NC(=O)NCCCCCNCc1ccc([123I])cc1)C(=O)O. The van der Waals surface area contributed by atoms with Crippen LogP contribution in [-0.4, -0.2) is 47.3 Å². The number of benzene rings is 1. The molecule has 0 aliphatic rings. The first-order valence-electron chi connectivity index (χ1n) is 8.82. The fourth-order valence-electron chi connectivity index (χ4n) is 2.32. The summed E-state index contributed by atoms with van der Waals surface area (Å²) in [4.78, 5) is 33.2. The van der Waals surface area contributed by atoms with E-state index in [9.17, 15) is 14.4 Å². The highest BCUT2D eigenvalue weighted by Crippen LogP contribution is 2.06. The van der Waals surface area contributed by atoms with Crippen molar-refractivity contribution in [3.8, 4) is 0 Å². The van der Waals surface area contributed by atoms with Gasteiger partial charge in [0.05, 0.1) is 0 Å². The third kappa shape index (κ3) is 11.4. The number of amides is 2. The molecule has 0 saturated heterocycles. The molecule has 1 aromatic rings. The van der Waals surface area contributed by atoms with Crippen molar-refractivity contribution in [3.05, 3.63) is 33.4 Å². The number of carboxylic acid groups (broad SMARTS) is 2. The number of carbonyl (C=O) groups excluding carboxylic acids is 1. The molecule has 0 bridgehead atoms. The summed E-state index contributed by atoms with van der Waals surface area (Å²) in [6.07, 6.45) is 2.23. The van der Waals surface area contributed by atoms with E-state index in [1.165, 1.54) is 9.13 Å². The van der Waals surface area contributed by atoms with Crippen LogP contribution in [0.3, 0.4) is 0 Å². The number of hydrogen-bond acceptors (Lipinski definition) is 4. The number of carboxylic acids is 2. The van der Waals surface area contributed by atoms with E-state index >= 15 is 0 Å². The largest absolute Gasteiger partial charge is 0.481 e. The average molecular weight is 487 g/mol. The van der Waals surface area contributed by atoms with Crippen molar-refractivity contribution >= 4 is 40.6 Å². The fourth-order valence-corrected chi connectivity index (χ4v) is 2.68. The Bertz CT molecular complexity index is 610. The minimum atomic E-state index is -1.24. The smallest absolute Gasteiger partial charge is 0.326 e. The van der Waals surface area contributed by atoms with Gasteiger partial charge in [0, 0.05) is 23.1 Å². The van der Waals surface area contributed by atoms with E-state index in [-0.39, 0.29) is 12.8 Å². The minimum Gasteiger partial charge on any atom is -0.481 e. The predicted octanol–water partition coefficient (Wildman–Crippen LogP) is 2.17. The molecule has 27 heavy (non-hydrogen) atoms. The van der Waals surface area contributed by atoms with Crippen LogP contribution in [0.4, 0.5) is 4.79 Å². The van der Waals surface area contributed by atoms with Crippen molar-refractivity contribution in [2.75, 3.05) is 13.1 Å². The fraction of sp³-hybridized carbons (Fsp3) is 0.500. The van der Waals surface area contributed by atoms with Crippen molar-refractivity contribution in [2.24, 2.45) is 0 Å². The minimum absolute atomic E-state index is 0.148. The van der Waals surface area contributed by atoms with E-state index in [0.717, 1.165) is 32.4 Å². The maximum Gasteiger partial charge on any atom is 0.326 e. The number of hydrogen-bond donors (Lipinski definition) is 5. The van der Waals surface area contributed by atoms with Gasteiger partial charge in [-0.2, -0.15) is 0 Å². The average Bonchev–Trinajstić information content (AvgIpc) is 2.62. The first-order valence-corrected chi connectivity index (χ1v) is 9.90. The number of nitrogens with one attached hydrogen (secondary N) is 3. The predicted molar refractivity (Wildman–Crippen MR) is 110 cm³/mol. The second-order valence-electron chi connectivity index (χ2n) is 6.09. The van der Waals surface area contributed by atoms with Gasteiger partial charge in [-0.15, -0.1) is 0 Å². The second kappa shape index (κ2) is 13.3. The summed E-state index contributed by atoms with van der Waals surface area (Å²) >= 11 is 2.27. The first-order chi connectivity index (χ1) is 12.9. The number of rotatable bonds is 13. The molecule has 0 aliphatic heterocycles. The lowest BCUT2D eigenvalue weighted by atomic mass is 10.1. The molecule has 1 atom stereocenters. The van der Waals surface area contributed by atoms with E-state index < -0.39 is 24.0 Å². The van der Waals surface area contributed by atoms with Crippen LogP contribution in [0.2, 0.25) is 0 Å². The Hall–Kier alpha value is -1.88. The summed E-state index contributed by atoms with van der Waals surface area (Å²) < 4.78 is 1.21. The topological polar surface area (TPSA) is 128 Å². The van der Waals surface area contributed by atoms with Crippen molar-refractivity contribution in [2.45, 2.75) is 44.7 Å². The number of unbranched alkanes of at least 4 members (excludes halogenated alkanes) is 2. The molecule has 1 aromatic carbocycles. The summed E-state index contributed by atoms with van der Waals surface area (Å²) in [6.45, 7) is 2.15. The summed E-state index contributed by atoms with van der Waals surface area (Å²) in [5.41, 5.74) is 1.24. The maximum atomic E-state index is 11.7. The molecule has 2 amide bonds. The third-order valence-corrected chi connectivity index (χ3v) is 4.53. The van der Waals surface area contributed by atoms with Crippen LogP contribution in [0.15, 0.2) is 24.3 Å². The lowest BCUT2D eigenvalue weighted by Crippen LogP contribution is -2.46. The van der Waals surface area contributed by atoms with Crippen molar-refractivity contribution < 1.29 is 24.6 Å². The highest BCUT2D eigenvalue weighted by Gasteiger charge is 2.20. The van der Waals surface area contributed by atoms with E-state index in [2.05, 4.69) is 62.8 Å². The van der Waals surface area contributed by atoms with Crippen molar-refractivity contribution in [1.82, 2.24) is 16.0 Å². The highest BCUT2D eigenvalue weighted by atomic mass is 123. The molecular weight excluding hydrogens is 461 g/mol. The number of aliphatic carboxylic acids is 2. The van der Waals surface area contributed by atoms with Crippen molar-refractivity contribution in [1.29, 1.82) is 0 Å². The molecule has 8 nitrogen and oxygen atoms in total. The van der Waals surface area contributed by atoms with Gasteiger partial charge in [0.2, 0.25) is 0 Å². The molecular formula is C18H26IN3O5. The summed E-state index contributed by atoms with van der Waals surface area (Å²) in [6, 6.07) is 6.54. The van der Waals surface area contributed by atoms with Crippen LogP contribution in [0.5, 0.6) is 0 Å². The molecule has 9 heteroatoms. The molecule has 0 spiro atoms. The van der Waals surface area contributed by atoms with E-state index in [4.69, 9.17) is 10.2 Å². The van der Waals surface area contributed by atoms with Crippen LogP contribution in [0.1, 0.15) is 37.7 Å². The second-order valence-corrected chi connectivity index (χ2v) is 7.33. The normalized spacial score (nSPS) is 11.6. The molecule has 5 N–H and O–H groups in total. The van der Waals surface area contributed by atoms with Gasteiger partial charge in [0.25, 0.3) is 0 Å². The van der Waals surface area contributed by atoms with Crippen LogP contribution in [0, 0.1) is 3.57 Å². The zero-order chi connectivity index (χ0) is 20.1. The Balaban J connectivity index is 2.06. The Morgan fingerprint density at radius 1 is 1.00 bits per heavy atom. The Morgan fingerprint density at radius 3 is 2.30 bits per heavy atom. The van der Waals surface area contributed by atoms with E-state index in [0.29, 0.717) is 6.54 Å². The van der Waals surface area contributed by atoms with Crippen molar-refractivity contribution in [3.63, 3.8) is 0 Å². The Labute approximate surface area is 172 Å². The summed E-state index contributed by atoms with van der Waals surface area (Å²) in [5, 5.41) is 25.8. The molecule has 0 aliphatic carbocycles. The lowest BCUT2D eigenvalue weighted by molar-refractivity contribution is -0.140. The first kappa shape index (κ1) is 23.2. The summed E-state index contributed by atoms with van der Waals surface area (Å²) in [5.74, 6) is -2.34. The van der Waals surface area contributed by atoms with Crippen LogP contribution in [-0.2, 0) is 16.1 Å². The number of urea groups is 1. The van der Waals surface area contributed by atoms with E-state index in [1.807, 2.05) is 0 Å². The standard InChI is InChI=1S/C18H26IN3O5/c19-14-6-4-13(5-7-14)12-20-10-2-1-3-11-21-18(27)22-15(17(25)26)8-9-16(23)24/h4-7,15,20H,1-3,8-12H2,(H,23,24)(H,25,26)(H2,21,22,27)/t15-/m0/s1/i19-4. The molecule has 0 unspecified atom stereocenters. The molecule has 0 saturated carbocycles. The quantitative estimate of drug-likeness (QED) is 0.214. The van der Waals surface area contributed by atoms with Gasteiger partial charge in [-0.05, 0) is 66.1 Å². The molecule has 0 radical (unpaired) electrons. The zero-order valence-corrected chi connectivity index (χ0v) is 17.2. The van der Waals surface area contributed by atoms with Gasteiger partial charge in [-0.1, -0.05) is 18.6 Å². The van der Waals surface area contributed by atoms with Gasteiger partial charge in [-0.3, -0.25) is 4.79 Å². The molecule has 0 fully saturated rings. The molecule has 150 valence electrons. The zero-order valence-electron chi connectivity index (χ0n) is 15.0. The van der Waals surface area contributed by atoms with Crippen LogP contribution < -0.4 is 16.0 Å². The Kier molecular flexibility index (Phi) is 11.4. The van der Waals surface area contributed by atoms with Gasteiger partial charge in [0.1, 0.15) is 6.04 Å². The number of halogens is 1. The monoisotopic (exact) mass is 487 g/mol. The summed E-state index contributed by atoms with van der Waals surface area (Å²) in [7, 11) is 0. The van der Waals surface area contributed by atoms with Gasteiger partial charge >= 0.3 is 18.0 Å². The van der Waals surface area contributed by atoms with Crippen LogP contribution in [0.25, 0.3) is 0 Å². The van der Waals surface area contributed by atoms with Crippen LogP contribution >= 0.6 is 22.6 Å². The van der Waals surface area contributed by atoms with E-state index in [1.54, 1.807) is 0 Å². The third-order valence-electron chi connectivity index (χ3n) is 3.81. The highest BCUT2D eigenvalue weighted by molar-refractivity contribution is 14.1.